The number of unbranched alkanes of at least 4 members (excludes halogenated alkanes) is 2. The maximum Gasteiger partial charge on any atom is 0.188 e. The fourth-order valence-electron chi connectivity index (χ4n) is 1.77. The van der Waals surface area contributed by atoms with Crippen LogP contribution in [0.15, 0.2) is 47.5 Å². The normalized spacial score (nSPS) is 11.3. The number of aliphatic imine (C=N–C) groups is 1. The summed E-state index contributed by atoms with van der Waals surface area (Å²) in [6.45, 7) is 7.22. The first kappa shape index (κ1) is 15.3. The summed E-state index contributed by atoms with van der Waals surface area (Å²) in [5.74, 6) is 0.519. The van der Waals surface area contributed by atoms with E-state index in [0.29, 0.717) is 12.5 Å². The molecule has 0 aromatic heterocycles. The van der Waals surface area contributed by atoms with Gasteiger partial charge in [0, 0.05) is 6.54 Å². The van der Waals surface area contributed by atoms with Gasteiger partial charge in [0.05, 0.1) is 6.54 Å². The summed E-state index contributed by atoms with van der Waals surface area (Å²) in [7, 11) is 0. The fourth-order valence-corrected chi connectivity index (χ4v) is 1.77. The third kappa shape index (κ3) is 8.03. The first-order valence-corrected chi connectivity index (χ1v) is 6.90. The number of hydrogen-bond acceptors (Lipinski definition) is 1. The third-order valence-corrected chi connectivity index (χ3v) is 2.81. The van der Waals surface area contributed by atoms with Crippen LogP contribution in [0.3, 0.4) is 0 Å². The van der Waals surface area contributed by atoms with Crippen molar-refractivity contribution in [2.45, 2.75) is 32.6 Å². The Bertz CT molecular complexity index is 396. The second kappa shape index (κ2) is 9.20. The molecule has 0 aliphatic carbocycles. The van der Waals surface area contributed by atoms with Crippen molar-refractivity contribution in [3.8, 4) is 0 Å². The molecule has 0 radical (unpaired) electrons. The average molecular weight is 259 g/mol. The summed E-state index contributed by atoms with van der Waals surface area (Å²) in [4.78, 5) is 4.17. The monoisotopic (exact) mass is 259 g/mol. The molecule has 19 heavy (non-hydrogen) atoms. The molecule has 3 heteroatoms. The molecule has 1 rings (SSSR count). The molecular weight excluding hydrogens is 234 g/mol. The van der Waals surface area contributed by atoms with Crippen LogP contribution >= 0.6 is 0 Å². The second-order valence-corrected chi connectivity index (χ2v) is 4.88. The molecule has 0 fully saturated rings. The summed E-state index contributed by atoms with van der Waals surface area (Å²) in [6.07, 6.45) is 4.69. The van der Waals surface area contributed by atoms with Gasteiger partial charge in [-0.15, -0.1) is 0 Å². The predicted molar refractivity (Wildman–Crippen MR) is 83.3 cm³/mol. The van der Waals surface area contributed by atoms with Gasteiger partial charge in [0.15, 0.2) is 5.96 Å². The molecular formula is C16H25N3. The zero-order valence-electron chi connectivity index (χ0n) is 11.9. The third-order valence-electron chi connectivity index (χ3n) is 2.81. The maximum absolute atomic E-state index is 5.73. The average Bonchev–Trinajstić information content (AvgIpc) is 2.41. The van der Waals surface area contributed by atoms with Crippen molar-refractivity contribution in [2.24, 2.45) is 10.7 Å². The Kier molecular flexibility index (Phi) is 7.40. The van der Waals surface area contributed by atoms with Crippen molar-refractivity contribution >= 4 is 5.96 Å². The van der Waals surface area contributed by atoms with Crippen LogP contribution in [0.25, 0.3) is 0 Å². The number of guanidine groups is 1. The van der Waals surface area contributed by atoms with Crippen molar-refractivity contribution in [2.75, 3.05) is 13.1 Å². The number of nitrogens with zero attached hydrogens (tertiary/aromatic N) is 1. The predicted octanol–water partition coefficient (Wildman–Crippen LogP) is 2.88. The first-order valence-electron chi connectivity index (χ1n) is 6.90. The number of hydrogen-bond donors (Lipinski definition) is 2. The minimum Gasteiger partial charge on any atom is -0.370 e. The molecule has 0 aliphatic rings. The molecule has 3 N–H and O–H groups in total. The maximum atomic E-state index is 5.73. The van der Waals surface area contributed by atoms with Gasteiger partial charge in [-0.05, 0) is 31.7 Å². The molecule has 3 nitrogen and oxygen atoms in total. The minimum absolute atomic E-state index is 0.519. The van der Waals surface area contributed by atoms with E-state index in [-0.39, 0.29) is 0 Å². The SMILES string of the molecule is C=C(C)CN=C(N)NCCCCCc1ccccc1. The Morgan fingerprint density at radius 1 is 1.21 bits per heavy atom. The molecule has 1 aromatic rings. The minimum atomic E-state index is 0.519. The van der Waals surface area contributed by atoms with E-state index in [2.05, 4.69) is 47.2 Å². The lowest BCUT2D eigenvalue weighted by atomic mass is 10.1. The molecule has 0 saturated heterocycles. The quantitative estimate of drug-likeness (QED) is 0.326. The van der Waals surface area contributed by atoms with E-state index in [4.69, 9.17) is 5.73 Å². The summed E-state index contributed by atoms with van der Waals surface area (Å²) in [5, 5.41) is 3.12. The standard InChI is InChI=1S/C16H25N3/c1-14(2)13-19-16(17)18-12-8-4-7-11-15-9-5-3-6-10-15/h3,5-6,9-10H,1,4,7-8,11-13H2,2H3,(H3,17,18,19). The zero-order valence-corrected chi connectivity index (χ0v) is 11.9. The van der Waals surface area contributed by atoms with Gasteiger partial charge < -0.3 is 11.1 Å². The van der Waals surface area contributed by atoms with Crippen LogP contribution in [0.1, 0.15) is 31.7 Å². The van der Waals surface area contributed by atoms with Gasteiger partial charge in [0.25, 0.3) is 0 Å². The molecule has 1 aromatic carbocycles. The second-order valence-electron chi connectivity index (χ2n) is 4.88. The van der Waals surface area contributed by atoms with E-state index < -0.39 is 0 Å². The molecule has 0 bridgehead atoms. The van der Waals surface area contributed by atoms with Crippen LogP contribution < -0.4 is 11.1 Å². The van der Waals surface area contributed by atoms with Crippen molar-refractivity contribution in [3.63, 3.8) is 0 Å². The summed E-state index contributed by atoms with van der Waals surface area (Å²) in [5.41, 5.74) is 8.16. The van der Waals surface area contributed by atoms with E-state index >= 15 is 0 Å². The molecule has 0 amide bonds. The van der Waals surface area contributed by atoms with Crippen LogP contribution in [0.4, 0.5) is 0 Å². The van der Waals surface area contributed by atoms with Gasteiger partial charge in [-0.25, -0.2) is 4.99 Å². The van der Waals surface area contributed by atoms with Gasteiger partial charge in [-0.1, -0.05) is 48.9 Å². The number of nitrogens with two attached hydrogens (primary N) is 1. The molecule has 0 unspecified atom stereocenters. The van der Waals surface area contributed by atoms with Crippen LogP contribution in [0.2, 0.25) is 0 Å². The van der Waals surface area contributed by atoms with Crippen LogP contribution in [0.5, 0.6) is 0 Å². The van der Waals surface area contributed by atoms with Gasteiger partial charge >= 0.3 is 0 Å². The van der Waals surface area contributed by atoms with Crippen molar-refractivity contribution in [1.82, 2.24) is 5.32 Å². The van der Waals surface area contributed by atoms with E-state index in [0.717, 1.165) is 25.0 Å². The highest BCUT2D eigenvalue weighted by Gasteiger charge is 1.94. The molecule has 0 heterocycles. The zero-order chi connectivity index (χ0) is 13.9. The number of nitrogens with one attached hydrogen (secondary N) is 1. The van der Waals surface area contributed by atoms with Crippen molar-refractivity contribution in [1.29, 1.82) is 0 Å². The van der Waals surface area contributed by atoms with Crippen molar-refractivity contribution in [3.05, 3.63) is 48.0 Å². The largest absolute Gasteiger partial charge is 0.370 e. The number of rotatable bonds is 8. The van der Waals surface area contributed by atoms with Gasteiger partial charge in [0.2, 0.25) is 0 Å². The fraction of sp³-hybridized carbons (Fsp3) is 0.438. The first-order chi connectivity index (χ1) is 9.18. The highest BCUT2D eigenvalue weighted by Crippen LogP contribution is 2.05. The number of aryl methyl sites for hydroxylation is 1. The molecule has 0 spiro atoms. The van der Waals surface area contributed by atoms with Crippen LogP contribution in [-0.2, 0) is 6.42 Å². The highest BCUT2D eigenvalue weighted by molar-refractivity contribution is 5.77. The Balaban J connectivity index is 2.02. The lowest BCUT2D eigenvalue weighted by Gasteiger charge is -2.05. The Morgan fingerprint density at radius 2 is 1.95 bits per heavy atom. The Hall–Kier alpha value is -1.77. The van der Waals surface area contributed by atoms with E-state index in [1.54, 1.807) is 0 Å². The van der Waals surface area contributed by atoms with Gasteiger partial charge in [-0.3, -0.25) is 0 Å². The number of benzene rings is 1. The highest BCUT2D eigenvalue weighted by atomic mass is 15.1. The van der Waals surface area contributed by atoms with E-state index in [1.807, 2.05) is 6.92 Å². The molecule has 104 valence electrons. The summed E-state index contributed by atoms with van der Waals surface area (Å²) < 4.78 is 0. The van der Waals surface area contributed by atoms with E-state index in [1.165, 1.54) is 18.4 Å². The van der Waals surface area contributed by atoms with Crippen LogP contribution in [-0.4, -0.2) is 19.0 Å². The Morgan fingerprint density at radius 3 is 2.63 bits per heavy atom. The van der Waals surface area contributed by atoms with E-state index in [9.17, 15) is 0 Å². The van der Waals surface area contributed by atoms with Gasteiger partial charge in [0.1, 0.15) is 0 Å². The lowest BCUT2D eigenvalue weighted by Crippen LogP contribution is -2.32. The van der Waals surface area contributed by atoms with Crippen molar-refractivity contribution < 1.29 is 0 Å². The van der Waals surface area contributed by atoms with Crippen LogP contribution in [0, 0.1) is 0 Å². The summed E-state index contributed by atoms with van der Waals surface area (Å²) >= 11 is 0. The smallest absolute Gasteiger partial charge is 0.188 e. The molecule has 0 atom stereocenters. The molecule has 0 aliphatic heterocycles. The summed E-state index contributed by atoms with van der Waals surface area (Å²) in [6, 6.07) is 10.6. The lowest BCUT2D eigenvalue weighted by molar-refractivity contribution is 0.662. The Labute approximate surface area is 116 Å². The topological polar surface area (TPSA) is 50.4 Å². The molecule has 0 saturated carbocycles. The van der Waals surface area contributed by atoms with Gasteiger partial charge in [-0.2, -0.15) is 0 Å².